The Hall–Kier alpha value is -0.0800. The number of hydrogen-bond donors (Lipinski definition) is 0. The lowest BCUT2D eigenvalue weighted by Gasteiger charge is -2.37. The van der Waals surface area contributed by atoms with Gasteiger partial charge >= 0.3 is 0 Å². The number of methoxy groups -OCH3 is 1. The second kappa shape index (κ2) is 4.43. The van der Waals surface area contributed by atoms with Crippen LogP contribution in [0.1, 0.15) is 32.1 Å². The average Bonchev–Trinajstić information content (AvgIpc) is 2.62. The minimum Gasteiger partial charge on any atom is -0.383 e. The van der Waals surface area contributed by atoms with Gasteiger partial charge in [-0.05, 0) is 38.1 Å². The van der Waals surface area contributed by atoms with Crippen LogP contribution in [-0.2, 0) is 4.74 Å². The van der Waals surface area contributed by atoms with Crippen LogP contribution in [0.3, 0.4) is 0 Å². The van der Waals surface area contributed by atoms with Crippen LogP contribution >= 0.6 is 0 Å². The molecule has 0 spiro atoms. The molecule has 0 radical (unpaired) electrons. The fourth-order valence-corrected chi connectivity index (χ4v) is 3.04. The van der Waals surface area contributed by atoms with Gasteiger partial charge in [-0.3, -0.25) is 4.90 Å². The van der Waals surface area contributed by atoms with E-state index in [2.05, 4.69) is 4.90 Å². The molecule has 76 valence electrons. The van der Waals surface area contributed by atoms with Crippen molar-refractivity contribution in [3.8, 4) is 0 Å². The summed E-state index contributed by atoms with van der Waals surface area (Å²) < 4.78 is 5.15. The van der Waals surface area contributed by atoms with Crippen LogP contribution in [0.2, 0.25) is 0 Å². The molecule has 1 saturated carbocycles. The summed E-state index contributed by atoms with van der Waals surface area (Å²) in [6.07, 6.45) is 7.26. The van der Waals surface area contributed by atoms with Crippen LogP contribution in [0, 0.1) is 5.92 Å². The van der Waals surface area contributed by atoms with Gasteiger partial charge in [0, 0.05) is 19.7 Å². The van der Waals surface area contributed by atoms with Gasteiger partial charge in [0.2, 0.25) is 0 Å². The molecular weight excluding hydrogens is 162 g/mol. The number of likely N-dealkylation sites (tertiary alicyclic amines) is 1. The summed E-state index contributed by atoms with van der Waals surface area (Å²) in [6.45, 7) is 3.37. The van der Waals surface area contributed by atoms with E-state index in [1.54, 1.807) is 7.11 Å². The summed E-state index contributed by atoms with van der Waals surface area (Å²) in [5, 5.41) is 0. The topological polar surface area (TPSA) is 12.5 Å². The van der Waals surface area contributed by atoms with Gasteiger partial charge in [0.1, 0.15) is 0 Å². The average molecular weight is 183 g/mol. The van der Waals surface area contributed by atoms with E-state index in [0.717, 1.165) is 25.1 Å². The number of nitrogens with zero attached hydrogens (tertiary/aromatic N) is 1. The molecule has 0 aromatic carbocycles. The normalized spacial score (nSPS) is 34.8. The molecule has 0 aromatic rings. The Kier molecular flexibility index (Phi) is 3.23. The van der Waals surface area contributed by atoms with Crippen molar-refractivity contribution in [3.63, 3.8) is 0 Å². The Balaban J connectivity index is 1.86. The quantitative estimate of drug-likeness (QED) is 0.662. The first-order valence-corrected chi connectivity index (χ1v) is 5.65. The van der Waals surface area contributed by atoms with Gasteiger partial charge in [0.25, 0.3) is 0 Å². The molecule has 0 aromatic heterocycles. The van der Waals surface area contributed by atoms with Gasteiger partial charge in [0.05, 0.1) is 6.61 Å². The van der Waals surface area contributed by atoms with Crippen molar-refractivity contribution in [3.05, 3.63) is 0 Å². The van der Waals surface area contributed by atoms with E-state index in [-0.39, 0.29) is 0 Å². The maximum Gasteiger partial charge on any atom is 0.0589 e. The maximum atomic E-state index is 5.15. The Bertz CT molecular complexity index is 160. The van der Waals surface area contributed by atoms with Crippen molar-refractivity contribution in [1.29, 1.82) is 0 Å². The zero-order valence-electron chi connectivity index (χ0n) is 8.67. The third kappa shape index (κ3) is 2.05. The standard InChI is InChI=1S/C11H21NO/c1-13-9-8-12-7-3-5-10-4-2-6-11(10)12/h10-11H,2-9H2,1H3. The zero-order valence-corrected chi connectivity index (χ0v) is 8.67. The molecule has 2 heteroatoms. The number of fused-ring (bicyclic) bond motifs is 1. The molecule has 2 atom stereocenters. The predicted molar refractivity (Wildman–Crippen MR) is 53.8 cm³/mol. The van der Waals surface area contributed by atoms with E-state index in [1.165, 1.54) is 38.6 Å². The minimum atomic E-state index is 0.906. The Labute approximate surface area is 81.3 Å². The molecule has 2 aliphatic rings. The van der Waals surface area contributed by atoms with Crippen molar-refractivity contribution in [2.24, 2.45) is 5.92 Å². The van der Waals surface area contributed by atoms with E-state index in [0.29, 0.717) is 0 Å². The van der Waals surface area contributed by atoms with Crippen LogP contribution in [0.5, 0.6) is 0 Å². The maximum absolute atomic E-state index is 5.15. The summed E-state index contributed by atoms with van der Waals surface area (Å²) in [6, 6.07) is 0.906. The molecule has 2 nitrogen and oxygen atoms in total. The van der Waals surface area contributed by atoms with E-state index in [9.17, 15) is 0 Å². The van der Waals surface area contributed by atoms with E-state index in [1.807, 2.05) is 0 Å². The molecule has 1 aliphatic carbocycles. The molecule has 0 bridgehead atoms. The summed E-state index contributed by atoms with van der Waals surface area (Å²) in [5.41, 5.74) is 0. The van der Waals surface area contributed by atoms with Crippen LogP contribution < -0.4 is 0 Å². The molecule has 1 saturated heterocycles. The third-order valence-electron chi connectivity index (χ3n) is 3.69. The monoisotopic (exact) mass is 183 g/mol. The Morgan fingerprint density at radius 2 is 2.08 bits per heavy atom. The second-order valence-corrected chi connectivity index (χ2v) is 4.43. The van der Waals surface area contributed by atoms with Gasteiger partial charge in [-0.25, -0.2) is 0 Å². The molecule has 13 heavy (non-hydrogen) atoms. The van der Waals surface area contributed by atoms with E-state index < -0.39 is 0 Å². The lowest BCUT2D eigenvalue weighted by molar-refractivity contribution is 0.0759. The van der Waals surface area contributed by atoms with Crippen molar-refractivity contribution >= 4 is 0 Å². The number of ether oxygens (including phenoxy) is 1. The van der Waals surface area contributed by atoms with Gasteiger partial charge in [-0.15, -0.1) is 0 Å². The van der Waals surface area contributed by atoms with Crippen molar-refractivity contribution in [1.82, 2.24) is 4.90 Å². The molecule has 0 N–H and O–H groups in total. The molecule has 1 aliphatic heterocycles. The fourth-order valence-electron chi connectivity index (χ4n) is 3.04. The fraction of sp³-hybridized carbons (Fsp3) is 1.00. The highest BCUT2D eigenvalue weighted by atomic mass is 16.5. The van der Waals surface area contributed by atoms with Crippen LogP contribution in [0.15, 0.2) is 0 Å². The molecule has 1 heterocycles. The smallest absolute Gasteiger partial charge is 0.0589 e. The first-order chi connectivity index (χ1) is 6.42. The number of piperidine rings is 1. The highest BCUT2D eigenvalue weighted by Crippen LogP contribution is 2.36. The van der Waals surface area contributed by atoms with Crippen LogP contribution in [0.4, 0.5) is 0 Å². The van der Waals surface area contributed by atoms with Gasteiger partial charge < -0.3 is 4.74 Å². The molecule has 2 rings (SSSR count). The molecule has 0 amide bonds. The molecule has 2 fully saturated rings. The van der Waals surface area contributed by atoms with Gasteiger partial charge in [-0.2, -0.15) is 0 Å². The first kappa shape index (κ1) is 9.47. The highest BCUT2D eigenvalue weighted by molar-refractivity contribution is 4.88. The van der Waals surface area contributed by atoms with Crippen molar-refractivity contribution in [2.75, 3.05) is 26.8 Å². The Morgan fingerprint density at radius 3 is 2.92 bits per heavy atom. The Morgan fingerprint density at radius 1 is 1.23 bits per heavy atom. The summed E-state index contributed by atoms with van der Waals surface area (Å²) in [5.74, 6) is 1.02. The lowest BCUT2D eigenvalue weighted by Crippen LogP contribution is -2.43. The largest absolute Gasteiger partial charge is 0.383 e. The number of rotatable bonds is 3. The molecular formula is C11H21NO. The van der Waals surface area contributed by atoms with Crippen molar-refractivity contribution in [2.45, 2.75) is 38.1 Å². The van der Waals surface area contributed by atoms with E-state index >= 15 is 0 Å². The summed E-state index contributed by atoms with van der Waals surface area (Å²) in [4.78, 5) is 2.66. The van der Waals surface area contributed by atoms with Crippen LogP contribution in [0.25, 0.3) is 0 Å². The summed E-state index contributed by atoms with van der Waals surface area (Å²) in [7, 11) is 1.80. The second-order valence-electron chi connectivity index (χ2n) is 4.43. The lowest BCUT2D eigenvalue weighted by atomic mass is 9.92. The highest BCUT2D eigenvalue weighted by Gasteiger charge is 2.34. The predicted octanol–water partition coefficient (Wildman–Crippen LogP) is 1.90. The van der Waals surface area contributed by atoms with Gasteiger partial charge in [0.15, 0.2) is 0 Å². The SMILES string of the molecule is COCCN1CCCC2CCCC21. The zero-order chi connectivity index (χ0) is 9.10. The van der Waals surface area contributed by atoms with Crippen molar-refractivity contribution < 1.29 is 4.74 Å². The van der Waals surface area contributed by atoms with E-state index in [4.69, 9.17) is 4.74 Å². The van der Waals surface area contributed by atoms with Crippen LogP contribution in [-0.4, -0.2) is 37.7 Å². The third-order valence-corrected chi connectivity index (χ3v) is 3.69. The number of hydrogen-bond acceptors (Lipinski definition) is 2. The summed E-state index contributed by atoms with van der Waals surface area (Å²) >= 11 is 0. The molecule has 2 unspecified atom stereocenters. The van der Waals surface area contributed by atoms with Gasteiger partial charge in [-0.1, -0.05) is 6.42 Å². The first-order valence-electron chi connectivity index (χ1n) is 5.65. The minimum absolute atomic E-state index is 0.906.